The molecule has 0 aliphatic heterocycles. The Hall–Kier alpha value is -0.420. The second kappa shape index (κ2) is 7.01. The van der Waals surface area contributed by atoms with Gasteiger partial charge in [-0.3, -0.25) is 0 Å². The summed E-state index contributed by atoms with van der Waals surface area (Å²) in [5.41, 5.74) is 6.77. The van der Waals surface area contributed by atoms with E-state index in [1.165, 1.54) is 0 Å². The van der Waals surface area contributed by atoms with E-state index in [-0.39, 0.29) is 5.92 Å². The van der Waals surface area contributed by atoms with Crippen molar-refractivity contribution in [3.05, 3.63) is 34.3 Å². The first-order chi connectivity index (χ1) is 7.70. The zero-order valence-corrected chi connectivity index (χ0v) is 11.0. The molecule has 0 bridgehead atoms. The molecule has 0 aliphatic carbocycles. The van der Waals surface area contributed by atoms with E-state index < -0.39 is 6.10 Å². The van der Waals surface area contributed by atoms with E-state index in [0.717, 1.165) is 10.0 Å². The van der Waals surface area contributed by atoms with Crippen LogP contribution in [0.3, 0.4) is 0 Å². The Balaban J connectivity index is 2.77. The molecule has 0 saturated carbocycles. The molecule has 3 nitrogen and oxygen atoms in total. The van der Waals surface area contributed by atoms with Crippen LogP contribution in [0.25, 0.3) is 0 Å². The fraction of sp³-hybridized carbons (Fsp3) is 0.500. The number of hydrogen-bond acceptors (Lipinski definition) is 3. The van der Waals surface area contributed by atoms with Gasteiger partial charge in [0.1, 0.15) is 0 Å². The van der Waals surface area contributed by atoms with Crippen molar-refractivity contribution in [1.29, 1.82) is 0 Å². The van der Waals surface area contributed by atoms with Gasteiger partial charge in [-0.25, -0.2) is 0 Å². The summed E-state index contributed by atoms with van der Waals surface area (Å²) >= 11 is 3.48. The number of nitrogens with two attached hydrogens (primary N) is 1. The Bertz CT molecular complexity index is 320. The molecule has 2 unspecified atom stereocenters. The van der Waals surface area contributed by atoms with Crippen LogP contribution in [-0.2, 0) is 4.74 Å². The molecule has 1 aromatic rings. The first-order valence-corrected chi connectivity index (χ1v) is 6.11. The van der Waals surface area contributed by atoms with E-state index in [0.29, 0.717) is 19.6 Å². The van der Waals surface area contributed by atoms with Crippen molar-refractivity contribution in [2.75, 3.05) is 20.3 Å². The van der Waals surface area contributed by atoms with Crippen LogP contribution < -0.4 is 5.73 Å². The van der Waals surface area contributed by atoms with Gasteiger partial charge in [-0.1, -0.05) is 34.1 Å². The van der Waals surface area contributed by atoms with Crippen LogP contribution in [0.4, 0.5) is 0 Å². The van der Waals surface area contributed by atoms with Crippen LogP contribution in [-0.4, -0.2) is 31.5 Å². The summed E-state index contributed by atoms with van der Waals surface area (Å²) in [6, 6.07) is 7.84. The number of rotatable bonds is 6. The fourth-order valence-corrected chi connectivity index (χ4v) is 2.29. The fourth-order valence-electron chi connectivity index (χ4n) is 1.71. The van der Waals surface area contributed by atoms with Crippen molar-refractivity contribution in [3.8, 4) is 0 Å². The lowest BCUT2D eigenvalue weighted by molar-refractivity contribution is 0.0918. The summed E-state index contributed by atoms with van der Waals surface area (Å²) in [6.45, 7) is 0.968. The minimum atomic E-state index is -0.469. The van der Waals surface area contributed by atoms with E-state index in [2.05, 4.69) is 15.9 Å². The summed E-state index contributed by atoms with van der Waals surface area (Å²) < 4.78 is 5.95. The molecule has 2 atom stereocenters. The zero-order chi connectivity index (χ0) is 12.0. The van der Waals surface area contributed by atoms with E-state index >= 15 is 0 Å². The molecule has 0 saturated heterocycles. The number of halogens is 1. The molecule has 0 radical (unpaired) electrons. The summed E-state index contributed by atoms with van der Waals surface area (Å²) in [6.07, 6.45) is 0.128. The zero-order valence-electron chi connectivity index (χ0n) is 9.40. The van der Waals surface area contributed by atoms with Gasteiger partial charge in [-0.2, -0.15) is 0 Å². The van der Waals surface area contributed by atoms with Gasteiger partial charge in [-0.15, -0.1) is 0 Å². The van der Waals surface area contributed by atoms with Gasteiger partial charge in [0.2, 0.25) is 0 Å². The number of methoxy groups -OCH3 is 1. The molecule has 0 fully saturated rings. The molecule has 0 aliphatic rings. The quantitative estimate of drug-likeness (QED) is 0.840. The molecule has 0 heterocycles. The maximum Gasteiger partial charge on any atom is 0.0643 e. The van der Waals surface area contributed by atoms with Crippen LogP contribution in [0.5, 0.6) is 0 Å². The van der Waals surface area contributed by atoms with Crippen LogP contribution in [0, 0.1) is 0 Å². The van der Waals surface area contributed by atoms with Gasteiger partial charge in [0.25, 0.3) is 0 Å². The van der Waals surface area contributed by atoms with Crippen molar-refractivity contribution in [1.82, 2.24) is 0 Å². The maximum atomic E-state index is 10.0. The van der Waals surface area contributed by atoms with Gasteiger partial charge < -0.3 is 15.6 Å². The van der Waals surface area contributed by atoms with Crippen LogP contribution in [0.15, 0.2) is 28.7 Å². The molecule has 3 N–H and O–H groups in total. The van der Waals surface area contributed by atoms with Crippen molar-refractivity contribution < 1.29 is 9.84 Å². The topological polar surface area (TPSA) is 55.5 Å². The molecule has 0 aromatic heterocycles. The van der Waals surface area contributed by atoms with Gasteiger partial charge in [0.15, 0.2) is 0 Å². The lowest BCUT2D eigenvalue weighted by Gasteiger charge is -2.22. The second-order valence-electron chi connectivity index (χ2n) is 3.71. The minimum Gasteiger partial charge on any atom is -0.392 e. The van der Waals surface area contributed by atoms with E-state index in [1.54, 1.807) is 7.11 Å². The number of hydrogen-bond donors (Lipinski definition) is 2. The Kier molecular flexibility index (Phi) is 5.98. The SMILES string of the molecule is COCCC(O)C(CN)c1ccccc1Br. The van der Waals surface area contributed by atoms with Crippen molar-refractivity contribution in [2.45, 2.75) is 18.4 Å². The predicted octanol–water partition coefficient (Wildman–Crippen LogP) is 1.89. The molecule has 0 spiro atoms. The second-order valence-corrected chi connectivity index (χ2v) is 4.57. The van der Waals surface area contributed by atoms with Gasteiger partial charge >= 0.3 is 0 Å². The molecular formula is C12H18BrNO2. The van der Waals surface area contributed by atoms with E-state index in [1.807, 2.05) is 24.3 Å². The third kappa shape index (κ3) is 3.56. The highest BCUT2D eigenvalue weighted by atomic mass is 79.9. The van der Waals surface area contributed by atoms with Crippen LogP contribution >= 0.6 is 15.9 Å². The Morgan fingerprint density at radius 1 is 1.44 bits per heavy atom. The third-order valence-electron chi connectivity index (χ3n) is 2.64. The molecule has 90 valence electrons. The average Bonchev–Trinajstić information content (AvgIpc) is 2.30. The number of ether oxygens (including phenoxy) is 1. The smallest absolute Gasteiger partial charge is 0.0643 e. The predicted molar refractivity (Wildman–Crippen MR) is 68.4 cm³/mol. The van der Waals surface area contributed by atoms with Gasteiger partial charge in [0.05, 0.1) is 6.10 Å². The van der Waals surface area contributed by atoms with Gasteiger partial charge in [-0.05, 0) is 18.1 Å². The molecule has 4 heteroatoms. The highest BCUT2D eigenvalue weighted by molar-refractivity contribution is 9.10. The first-order valence-electron chi connectivity index (χ1n) is 5.32. The number of aliphatic hydroxyl groups excluding tert-OH is 1. The summed E-state index contributed by atoms with van der Waals surface area (Å²) in [4.78, 5) is 0. The maximum absolute atomic E-state index is 10.0. The highest BCUT2D eigenvalue weighted by Crippen LogP contribution is 2.27. The molecule has 16 heavy (non-hydrogen) atoms. The molecular weight excluding hydrogens is 270 g/mol. The Morgan fingerprint density at radius 3 is 2.69 bits per heavy atom. The van der Waals surface area contributed by atoms with E-state index in [9.17, 15) is 5.11 Å². The summed E-state index contributed by atoms with van der Waals surface area (Å²) in [7, 11) is 1.63. The number of benzene rings is 1. The van der Waals surface area contributed by atoms with Crippen molar-refractivity contribution >= 4 is 15.9 Å². The molecule has 1 aromatic carbocycles. The first kappa shape index (κ1) is 13.6. The molecule has 1 rings (SSSR count). The average molecular weight is 288 g/mol. The minimum absolute atomic E-state index is 0.0503. The lowest BCUT2D eigenvalue weighted by Crippen LogP contribution is -2.27. The third-order valence-corrected chi connectivity index (χ3v) is 3.36. The lowest BCUT2D eigenvalue weighted by atomic mass is 9.92. The number of aliphatic hydroxyl groups is 1. The van der Waals surface area contributed by atoms with Crippen molar-refractivity contribution in [2.24, 2.45) is 5.73 Å². The normalized spacial score (nSPS) is 14.8. The van der Waals surface area contributed by atoms with Crippen molar-refractivity contribution in [3.63, 3.8) is 0 Å². The van der Waals surface area contributed by atoms with Crippen LogP contribution in [0.2, 0.25) is 0 Å². The summed E-state index contributed by atoms with van der Waals surface area (Å²) in [5.74, 6) is -0.0503. The Morgan fingerprint density at radius 2 is 2.12 bits per heavy atom. The standard InChI is InChI=1S/C12H18BrNO2/c1-16-7-6-12(15)10(8-14)9-4-2-3-5-11(9)13/h2-5,10,12,15H,6-8,14H2,1H3. The highest BCUT2D eigenvalue weighted by Gasteiger charge is 2.21. The molecule has 0 amide bonds. The monoisotopic (exact) mass is 287 g/mol. The Labute approximate surface area is 105 Å². The van der Waals surface area contributed by atoms with Gasteiger partial charge in [0, 0.05) is 30.7 Å². The van der Waals surface area contributed by atoms with Crippen LogP contribution in [0.1, 0.15) is 17.9 Å². The van der Waals surface area contributed by atoms with E-state index in [4.69, 9.17) is 10.5 Å². The largest absolute Gasteiger partial charge is 0.392 e. The summed E-state index contributed by atoms with van der Waals surface area (Å²) in [5, 5.41) is 10.0.